The molecule has 0 saturated carbocycles. The van der Waals surface area contributed by atoms with Crippen molar-refractivity contribution in [3.63, 3.8) is 0 Å². The third-order valence-corrected chi connectivity index (χ3v) is 2.18. The minimum atomic E-state index is -2.17. The van der Waals surface area contributed by atoms with Crippen LogP contribution >= 0.6 is 104 Å². The summed E-state index contributed by atoms with van der Waals surface area (Å²) in [7, 11) is 0. The number of rotatable bonds is 0. The van der Waals surface area contributed by atoms with Crippen LogP contribution in [-0.2, 0) is 14.4 Å². The molecule has 12 nitrogen and oxygen atoms in total. The molecule has 0 bridgehead atoms. The van der Waals surface area contributed by atoms with Gasteiger partial charge in [0.2, 0.25) is 0 Å². The predicted molar refractivity (Wildman–Crippen MR) is 105 cm³/mol. The molecule has 0 fully saturated rings. The molecule has 177 valence electrons. The van der Waals surface area contributed by atoms with Gasteiger partial charge >= 0.3 is 17.9 Å². The van der Waals surface area contributed by atoms with Crippen molar-refractivity contribution in [3.05, 3.63) is 0 Å². The Morgan fingerprint density at radius 2 is 0.464 bits per heavy atom. The summed E-state index contributed by atoms with van der Waals surface area (Å²) in [5, 5.41) is 23.6. The summed E-state index contributed by atoms with van der Waals surface area (Å²) in [6, 6.07) is 0. The second-order valence-electron chi connectivity index (χ2n) is 2.41. The van der Waals surface area contributed by atoms with E-state index in [-0.39, 0.29) is 68.5 Å². The molecular weight excluding hydrogens is 722 g/mol. The van der Waals surface area contributed by atoms with Crippen LogP contribution in [0.3, 0.4) is 0 Å². The number of hydrogen-bond donors (Lipinski definition) is 3. The fourth-order valence-corrected chi connectivity index (χ4v) is 0. The number of carboxylic acids is 3. The van der Waals surface area contributed by atoms with Crippen molar-refractivity contribution in [2.24, 2.45) is 0 Å². The van der Waals surface area contributed by atoms with Crippen LogP contribution in [0.2, 0.25) is 0 Å². The molecule has 0 unspecified atom stereocenters. The van der Waals surface area contributed by atoms with Gasteiger partial charge in [-0.3, -0.25) is 0 Å². The molecule has 15 N–H and O–H groups in total. The van der Waals surface area contributed by atoms with Crippen LogP contribution in [0.4, 0.5) is 0 Å². The first kappa shape index (κ1) is 63.1. The molecule has 0 aliphatic rings. The normalized spacial score (nSPS) is 8.46. The van der Waals surface area contributed by atoms with Gasteiger partial charge in [0.1, 0.15) is 0 Å². The largest absolute Gasteiger partial charge is 0.478 e. The fourth-order valence-electron chi connectivity index (χ4n) is 0. The molecule has 1 radical (unpaired) electrons. The van der Waals surface area contributed by atoms with Gasteiger partial charge < -0.3 is 48.2 Å². The molecule has 0 atom stereocenters. The number of carbonyl (C=O) groups is 3. The summed E-state index contributed by atoms with van der Waals surface area (Å²) < 4.78 is -6.50. The van der Waals surface area contributed by atoms with E-state index in [1.54, 1.807) is 0 Å². The Bertz CT molecular complexity index is 322. The van der Waals surface area contributed by atoms with Crippen molar-refractivity contribution in [1.82, 2.24) is 0 Å². The predicted octanol–water partition coefficient (Wildman–Crippen LogP) is -0.625. The molecule has 28 heavy (non-hydrogen) atoms. The van der Waals surface area contributed by atoms with Crippen LogP contribution in [0, 0.1) is 35.6 Å². The fraction of sp³-hybridized carbons (Fsp3) is 0.500. The number of carboxylic acid groups (broad SMARTS) is 3. The zero-order chi connectivity index (χ0) is 18.2. The number of hydrogen-bond acceptors (Lipinski definition) is 3. The molecule has 0 aliphatic carbocycles. The minimum Gasteiger partial charge on any atom is -0.478 e. The summed E-state index contributed by atoms with van der Waals surface area (Å²) >= 11 is 43.2. The SMILES string of the molecule is O.O.O.O.O.O.O=C(O)C(Cl)(Cl)Cl.O=C(O)C(Cl)(Cl)Cl.O=C(O)C(Cl)(Cl)Cl.[La]. The molecule has 0 heterocycles. The molecule has 0 spiro atoms. The van der Waals surface area contributed by atoms with Crippen LogP contribution in [-0.4, -0.2) is 77.5 Å². The average molecular weight is 737 g/mol. The van der Waals surface area contributed by atoms with Crippen molar-refractivity contribution in [2.45, 2.75) is 11.4 Å². The van der Waals surface area contributed by atoms with Crippen LogP contribution in [0.15, 0.2) is 0 Å². The molecule has 0 rings (SSSR count). The first-order valence-corrected chi connectivity index (χ1v) is 7.14. The topological polar surface area (TPSA) is 301 Å². The molecule has 0 aromatic heterocycles. The van der Waals surface area contributed by atoms with Gasteiger partial charge in [0.05, 0.1) is 0 Å². The second kappa shape index (κ2) is 27.0. The van der Waals surface area contributed by atoms with E-state index in [0.29, 0.717) is 0 Å². The summed E-state index contributed by atoms with van der Waals surface area (Å²) in [5.41, 5.74) is 0. The van der Waals surface area contributed by atoms with Gasteiger partial charge in [0, 0.05) is 35.6 Å². The molecule has 0 aromatic rings. The van der Waals surface area contributed by atoms with E-state index in [9.17, 15) is 14.4 Å². The Balaban J connectivity index is -0.0000000193. The van der Waals surface area contributed by atoms with Crippen molar-refractivity contribution in [3.8, 4) is 0 Å². The maximum absolute atomic E-state index is 9.62. The van der Waals surface area contributed by atoms with E-state index in [4.69, 9.17) is 120 Å². The maximum atomic E-state index is 9.62. The van der Waals surface area contributed by atoms with Gasteiger partial charge in [0.25, 0.3) is 11.4 Å². The van der Waals surface area contributed by atoms with Gasteiger partial charge in [-0.2, -0.15) is 0 Å². The Kier molecular flexibility index (Phi) is 60.8. The molecule has 0 saturated heterocycles. The zero-order valence-corrected chi connectivity index (χ0v) is 23.0. The molecule has 22 heteroatoms. The van der Waals surface area contributed by atoms with Gasteiger partial charge in [-0.15, -0.1) is 0 Å². The summed E-state index contributed by atoms with van der Waals surface area (Å²) in [6.07, 6.45) is 0. The van der Waals surface area contributed by atoms with E-state index in [0.717, 1.165) is 0 Å². The smallest absolute Gasteiger partial charge is 0.356 e. The molecule has 0 aliphatic heterocycles. The number of alkyl halides is 9. The third kappa shape index (κ3) is 51.0. The first-order valence-electron chi connectivity index (χ1n) is 3.73. The summed E-state index contributed by atoms with van der Waals surface area (Å²) in [5.74, 6) is -4.38. The zero-order valence-electron chi connectivity index (χ0n) is 12.5. The third-order valence-electron chi connectivity index (χ3n) is 0.728. The van der Waals surface area contributed by atoms with Crippen LogP contribution in [0.1, 0.15) is 0 Å². The van der Waals surface area contributed by atoms with E-state index >= 15 is 0 Å². The first-order chi connectivity index (χ1) is 8.83. The standard InChI is InChI=1S/3C2HCl3O2.La.6H2O/c3*3-2(4,5)1(6)7;;;;;;;/h3*(H,6,7);;6*1H2. The average Bonchev–Trinajstić information content (AvgIpc) is 2.14. The Hall–Kier alpha value is 1.97. The Morgan fingerprint density at radius 1 is 0.429 bits per heavy atom. The van der Waals surface area contributed by atoms with Gasteiger partial charge in [-0.25, -0.2) is 14.4 Å². The Labute approximate surface area is 229 Å². The number of aliphatic carboxylic acids is 3. The summed E-state index contributed by atoms with van der Waals surface area (Å²) in [4.78, 5) is 28.9. The Morgan fingerprint density at radius 3 is 0.464 bits per heavy atom. The quantitative estimate of drug-likeness (QED) is 0.272. The molecule has 0 aromatic carbocycles. The second-order valence-corrected chi connectivity index (χ2v) is 9.25. The van der Waals surface area contributed by atoms with Crippen molar-refractivity contribution < 1.29 is 98.2 Å². The van der Waals surface area contributed by atoms with Gasteiger partial charge in [0.15, 0.2) is 0 Å². The van der Waals surface area contributed by atoms with Gasteiger partial charge in [-0.1, -0.05) is 104 Å². The molecule has 0 amide bonds. The molecular formula is C6H15Cl9LaO12. The van der Waals surface area contributed by atoms with Crippen molar-refractivity contribution in [2.75, 3.05) is 0 Å². The summed E-state index contributed by atoms with van der Waals surface area (Å²) in [6.45, 7) is 0. The van der Waals surface area contributed by atoms with E-state index in [1.165, 1.54) is 0 Å². The van der Waals surface area contributed by atoms with Gasteiger partial charge in [-0.05, 0) is 0 Å². The maximum Gasteiger partial charge on any atom is 0.356 e. The van der Waals surface area contributed by atoms with Crippen molar-refractivity contribution >= 4 is 122 Å². The van der Waals surface area contributed by atoms with E-state index in [2.05, 4.69) is 0 Å². The monoisotopic (exact) mass is 733 g/mol. The van der Waals surface area contributed by atoms with Crippen LogP contribution < -0.4 is 0 Å². The van der Waals surface area contributed by atoms with Crippen LogP contribution in [0.25, 0.3) is 0 Å². The van der Waals surface area contributed by atoms with Crippen molar-refractivity contribution in [1.29, 1.82) is 0 Å². The van der Waals surface area contributed by atoms with E-state index in [1.807, 2.05) is 0 Å². The van der Waals surface area contributed by atoms with E-state index < -0.39 is 29.3 Å². The number of halogens is 9. The minimum absolute atomic E-state index is 0. The van der Waals surface area contributed by atoms with Crippen LogP contribution in [0.5, 0.6) is 0 Å².